The lowest BCUT2D eigenvalue weighted by Gasteiger charge is -2.07. The largest absolute Gasteiger partial charge is 0.261 e. The van der Waals surface area contributed by atoms with Crippen LogP contribution in [-0.4, -0.2) is 4.98 Å². The lowest BCUT2D eigenvalue weighted by molar-refractivity contribution is 0.718. The van der Waals surface area contributed by atoms with E-state index < -0.39 is 0 Å². The third-order valence-corrected chi connectivity index (χ3v) is 2.76. The minimum absolute atomic E-state index is 0.804. The zero-order chi connectivity index (χ0) is 8.39. The molecule has 0 unspecified atom stereocenters. The zero-order valence-electron chi connectivity index (χ0n) is 7.59. The van der Waals surface area contributed by atoms with E-state index in [4.69, 9.17) is 0 Å². The number of rotatable bonds is 1. The highest BCUT2D eigenvalue weighted by molar-refractivity contribution is 5.18. The Hall–Kier alpha value is -0.850. The van der Waals surface area contributed by atoms with Crippen molar-refractivity contribution in [3.05, 3.63) is 29.6 Å². The third-order valence-electron chi connectivity index (χ3n) is 2.76. The molecule has 1 aliphatic rings. The highest BCUT2D eigenvalue weighted by atomic mass is 14.7. The molecule has 12 heavy (non-hydrogen) atoms. The molecule has 0 aliphatic heterocycles. The van der Waals surface area contributed by atoms with Crippen molar-refractivity contribution in [2.75, 3.05) is 0 Å². The van der Waals surface area contributed by atoms with Gasteiger partial charge in [-0.15, -0.1) is 0 Å². The van der Waals surface area contributed by atoms with E-state index in [1.807, 2.05) is 13.1 Å². The summed E-state index contributed by atoms with van der Waals surface area (Å²) in [6.07, 6.45) is 7.58. The average Bonchev–Trinajstić information content (AvgIpc) is 2.58. The van der Waals surface area contributed by atoms with Crippen molar-refractivity contribution >= 4 is 0 Å². The van der Waals surface area contributed by atoms with Crippen LogP contribution in [0.4, 0.5) is 0 Å². The second-order valence-corrected chi connectivity index (χ2v) is 3.71. The van der Waals surface area contributed by atoms with Gasteiger partial charge in [0.15, 0.2) is 0 Å². The van der Waals surface area contributed by atoms with E-state index in [0.717, 1.165) is 11.6 Å². The number of hydrogen-bond donors (Lipinski definition) is 0. The molecule has 1 heteroatoms. The first-order valence-electron chi connectivity index (χ1n) is 4.79. The van der Waals surface area contributed by atoms with Crippen LogP contribution in [0.15, 0.2) is 18.3 Å². The quantitative estimate of drug-likeness (QED) is 0.617. The summed E-state index contributed by atoms with van der Waals surface area (Å²) in [5, 5.41) is 0. The summed E-state index contributed by atoms with van der Waals surface area (Å²) >= 11 is 0. The normalized spacial score (nSPS) is 18.4. The van der Waals surface area contributed by atoms with Crippen LogP contribution in [-0.2, 0) is 0 Å². The smallest absolute Gasteiger partial charge is 0.0372 e. The summed E-state index contributed by atoms with van der Waals surface area (Å²) in [7, 11) is 0. The Morgan fingerprint density at radius 1 is 1.25 bits per heavy atom. The number of aryl methyl sites for hydroxylation is 1. The molecule has 0 spiro atoms. The van der Waals surface area contributed by atoms with Crippen LogP contribution in [0.2, 0.25) is 0 Å². The van der Waals surface area contributed by atoms with Crippen molar-refractivity contribution in [3.8, 4) is 0 Å². The van der Waals surface area contributed by atoms with Gasteiger partial charge in [0.1, 0.15) is 0 Å². The van der Waals surface area contributed by atoms with Gasteiger partial charge in [-0.3, -0.25) is 4.98 Å². The molecule has 1 aromatic heterocycles. The summed E-state index contributed by atoms with van der Waals surface area (Å²) in [5.41, 5.74) is 2.56. The Bertz CT molecular complexity index is 244. The zero-order valence-corrected chi connectivity index (χ0v) is 7.59. The van der Waals surface area contributed by atoms with Gasteiger partial charge in [0.05, 0.1) is 0 Å². The number of pyridine rings is 1. The molecule has 0 N–H and O–H groups in total. The van der Waals surface area contributed by atoms with Crippen molar-refractivity contribution in [3.63, 3.8) is 0 Å². The molecular formula is C11H15N. The van der Waals surface area contributed by atoms with E-state index in [1.165, 1.54) is 31.2 Å². The van der Waals surface area contributed by atoms with Crippen molar-refractivity contribution in [1.82, 2.24) is 4.98 Å². The summed E-state index contributed by atoms with van der Waals surface area (Å²) < 4.78 is 0. The Morgan fingerprint density at radius 2 is 2.00 bits per heavy atom. The average molecular weight is 161 g/mol. The van der Waals surface area contributed by atoms with E-state index in [1.54, 1.807) is 0 Å². The van der Waals surface area contributed by atoms with Gasteiger partial charge in [0, 0.05) is 11.9 Å². The molecule has 1 aromatic rings. The van der Waals surface area contributed by atoms with Gasteiger partial charge in [-0.1, -0.05) is 18.9 Å². The topological polar surface area (TPSA) is 12.9 Å². The maximum atomic E-state index is 4.32. The van der Waals surface area contributed by atoms with Gasteiger partial charge >= 0.3 is 0 Å². The fourth-order valence-corrected chi connectivity index (χ4v) is 1.98. The van der Waals surface area contributed by atoms with Gasteiger partial charge in [-0.05, 0) is 37.3 Å². The Balaban J connectivity index is 2.17. The number of nitrogens with zero attached hydrogens (tertiary/aromatic N) is 1. The van der Waals surface area contributed by atoms with Crippen molar-refractivity contribution in [2.45, 2.75) is 38.5 Å². The molecule has 0 amide bonds. The molecule has 2 rings (SSSR count). The first kappa shape index (κ1) is 7.78. The standard InChI is InChI=1S/C11H15N/c1-9-6-7-11(8-12-9)10-4-2-3-5-10/h6-8,10H,2-5H2,1H3. The molecule has 0 aromatic carbocycles. The highest BCUT2D eigenvalue weighted by Crippen LogP contribution is 2.33. The Morgan fingerprint density at radius 3 is 2.58 bits per heavy atom. The molecule has 0 bridgehead atoms. The lowest BCUT2D eigenvalue weighted by atomic mass is 10.00. The molecule has 1 saturated carbocycles. The minimum atomic E-state index is 0.804. The number of hydrogen-bond acceptors (Lipinski definition) is 1. The van der Waals surface area contributed by atoms with Gasteiger partial charge in [0.25, 0.3) is 0 Å². The molecule has 64 valence electrons. The third kappa shape index (κ3) is 1.50. The van der Waals surface area contributed by atoms with Gasteiger partial charge in [-0.2, -0.15) is 0 Å². The van der Waals surface area contributed by atoms with Crippen LogP contribution in [0.1, 0.15) is 42.9 Å². The predicted octanol–water partition coefficient (Wildman–Crippen LogP) is 3.05. The summed E-state index contributed by atoms with van der Waals surface area (Å²) in [5.74, 6) is 0.804. The predicted molar refractivity (Wildman–Crippen MR) is 50.2 cm³/mol. The molecule has 0 radical (unpaired) electrons. The van der Waals surface area contributed by atoms with E-state index in [-0.39, 0.29) is 0 Å². The van der Waals surface area contributed by atoms with Crippen LogP contribution in [0.25, 0.3) is 0 Å². The molecule has 1 heterocycles. The fourth-order valence-electron chi connectivity index (χ4n) is 1.98. The van der Waals surface area contributed by atoms with Crippen LogP contribution in [0, 0.1) is 6.92 Å². The SMILES string of the molecule is Cc1ccc(C2CCCC2)cn1. The second-order valence-electron chi connectivity index (χ2n) is 3.71. The van der Waals surface area contributed by atoms with E-state index in [0.29, 0.717) is 0 Å². The van der Waals surface area contributed by atoms with Crippen LogP contribution in [0.3, 0.4) is 0 Å². The van der Waals surface area contributed by atoms with Crippen molar-refractivity contribution < 1.29 is 0 Å². The van der Waals surface area contributed by atoms with Crippen LogP contribution in [0.5, 0.6) is 0 Å². The number of aromatic nitrogens is 1. The monoisotopic (exact) mass is 161 g/mol. The molecule has 1 aliphatic carbocycles. The minimum Gasteiger partial charge on any atom is -0.261 e. The van der Waals surface area contributed by atoms with Gasteiger partial charge in [-0.25, -0.2) is 0 Å². The fraction of sp³-hybridized carbons (Fsp3) is 0.545. The maximum Gasteiger partial charge on any atom is 0.0372 e. The second kappa shape index (κ2) is 3.26. The van der Waals surface area contributed by atoms with Crippen molar-refractivity contribution in [2.24, 2.45) is 0 Å². The van der Waals surface area contributed by atoms with E-state index in [9.17, 15) is 0 Å². The van der Waals surface area contributed by atoms with Gasteiger partial charge in [0.2, 0.25) is 0 Å². The van der Waals surface area contributed by atoms with Crippen LogP contribution >= 0.6 is 0 Å². The summed E-state index contributed by atoms with van der Waals surface area (Å²) in [6, 6.07) is 4.35. The maximum absolute atomic E-state index is 4.32. The summed E-state index contributed by atoms with van der Waals surface area (Å²) in [6.45, 7) is 2.04. The van der Waals surface area contributed by atoms with Crippen LogP contribution < -0.4 is 0 Å². The van der Waals surface area contributed by atoms with E-state index in [2.05, 4.69) is 17.1 Å². The lowest BCUT2D eigenvalue weighted by Crippen LogP contribution is -1.93. The van der Waals surface area contributed by atoms with E-state index >= 15 is 0 Å². The molecule has 0 saturated heterocycles. The molecule has 1 nitrogen and oxygen atoms in total. The Labute approximate surface area is 73.8 Å². The Kier molecular flexibility index (Phi) is 2.11. The van der Waals surface area contributed by atoms with Crippen molar-refractivity contribution in [1.29, 1.82) is 0 Å². The summed E-state index contributed by atoms with van der Waals surface area (Å²) in [4.78, 5) is 4.32. The highest BCUT2D eigenvalue weighted by Gasteiger charge is 2.16. The molecular weight excluding hydrogens is 146 g/mol. The molecule has 1 fully saturated rings. The molecule has 0 atom stereocenters. The van der Waals surface area contributed by atoms with Gasteiger partial charge < -0.3 is 0 Å². The first-order chi connectivity index (χ1) is 5.86. The first-order valence-corrected chi connectivity index (χ1v) is 4.79.